The summed E-state index contributed by atoms with van der Waals surface area (Å²) in [6, 6.07) is 14.0. The minimum atomic E-state index is -0.559. The monoisotopic (exact) mass is 478 g/mol. The minimum Gasteiger partial charge on any atom is -0.447 e. The molecule has 8 nitrogen and oxygen atoms in total. The van der Waals surface area contributed by atoms with Gasteiger partial charge in [-0.15, -0.1) is 0 Å². The third-order valence-corrected chi connectivity index (χ3v) is 6.79. The lowest BCUT2D eigenvalue weighted by Gasteiger charge is -2.32. The van der Waals surface area contributed by atoms with Crippen LogP contribution in [0.3, 0.4) is 0 Å². The Hall–Kier alpha value is -3.88. The second-order valence-corrected chi connectivity index (χ2v) is 9.08. The minimum absolute atomic E-state index is 0.0171. The highest BCUT2D eigenvalue weighted by molar-refractivity contribution is 5.98. The van der Waals surface area contributed by atoms with E-state index in [9.17, 15) is 14.4 Å². The Morgan fingerprint density at radius 3 is 2.63 bits per heavy atom. The van der Waals surface area contributed by atoms with Gasteiger partial charge < -0.3 is 19.9 Å². The van der Waals surface area contributed by atoms with E-state index in [0.29, 0.717) is 42.9 Å². The van der Waals surface area contributed by atoms with Gasteiger partial charge in [-0.05, 0) is 48.6 Å². The standard InChI is InChI=1S/C26H27FN4O4/c1-16(32)28-14-20-15-35-26(34)31(20)19-6-7-21(22(27)13-19)17-8-10-30(11-9-17)25(33)24-12-18-4-2-3-5-23(18)29-24/h2-7,12-13,17,20,29H,8-11,14-15H2,1H3,(H,28,32)/t20-/m0/s1. The maximum absolute atomic E-state index is 15.2. The van der Waals surface area contributed by atoms with Crippen molar-refractivity contribution in [2.45, 2.75) is 31.7 Å². The number of aromatic amines is 1. The molecule has 1 atom stereocenters. The van der Waals surface area contributed by atoms with E-state index in [0.717, 1.165) is 10.9 Å². The van der Waals surface area contributed by atoms with Crippen molar-refractivity contribution in [1.29, 1.82) is 0 Å². The average Bonchev–Trinajstić information content (AvgIpc) is 3.45. The summed E-state index contributed by atoms with van der Waals surface area (Å²) in [6.45, 7) is 2.84. The number of halogens is 1. The summed E-state index contributed by atoms with van der Waals surface area (Å²) in [5.41, 5.74) is 2.47. The molecule has 2 aromatic carbocycles. The number of carbonyl (C=O) groups is 3. The van der Waals surface area contributed by atoms with Crippen LogP contribution in [0.2, 0.25) is 0 Å². The van der Waals surface area contributed by atoms with Gasteiger partial charge in [0.1, 0.15) is 18.1 Å². The predicted molar refractivity (Wildman–Crippen MR) is 129 cm³/mol. The summed E-state index contributed by atoms with van der Waals surface area (Å²) in [4.78, 5) is 42.8. The van der Waals surface area contributed by atoms with Crippen LogP contribution in [0, 0.1) is 5.82 Å². The van der Waals surface area contributed by atoms with E-state index in [4.69, 9.17) is 4.74 Å². The Morgan fingerprint density at radius 1 is 1.14 bits per heavy atom. The normalized spacial score (nSPS) is 18.7. The zero-order valence-corrected chi connectivity index (χ0v) is 19.4. The molecule has 0 radical (unpaired) electrons. The number of rotatable bonds is 5. The Morgan fingerprint density at radius 2 is 1.91 bits per heavy atom. The fraction of sp³-hybridized carbons (Fsp3) is 0.346. The van der Waals surface area contributed by atoms with Gasteiger partial charge in [-0.1, -0.05) is 24.3 Å². The molecule has 0 saturated carbocycles. The number of benzene rings is 2. The summed E-state index contributed by atoms with van der Waals surface area (Å²) in [7, 11) is 0. The molecule has 0 aliphatic carbocycles. The summed E-state index contributed by atoms with van der Waals surface area (Å²) in [6.07, 6.45) is 0.745. The first-order valence-electron chi connectivity index (χ1n) is 11.8. The number of fused-ring (bicyclic) bond motifs is 1. The highest BCUT2D eigenvalue weighted by atomic mass is 19.1. The molecule has 2 saturated heterocycles. The summed E-state index contributed by atoms with van der Waals surface area (Å²) < 4.78 is 20.3. The van der Waals surface area contributed by atoms with Gasteiger partial charge in [0.25, 0.3) is 5.91 Å². The molecule has 2 aliphatic rings. The Balaban J connectivity index is 1.25. The van der Waals surface area contributed by atoms with Crippen LogP contribution in [-0.4, -0.2) is 60.1 Å². The fourth-order valence-corrected chi connectivity index (χ4v) is 4.94. The van der Waals surface area contributed by atoms with Gasteiger partial charge in [0, 0.05) is 37.5 Å². The first kappa shape index (κ1) is 22.9. The molecule has 0 unspecified atom stereocenters. The van der Waals surface area contributed by atoms with E-state index in [-0.39, 0.29) is 36.7 Å². The lowest BCUT2D eigenvalue weighted by atomic mass is 9.88. The largest absolute Gasteiger partial charge is 0.447 e. The Kier molecular flexibility index (Phi) is 6.15. The lowest BCUT2D eigenvalue weighted by Crippen LogP contribution is -2.42. The Bertz CT molecular complexity index is 1250. The number of carbonyl (C=O) groups excluding carboxylic acids is 3. The molecule has 5 rings (SSSR count). The van der Waals surface area contributed by atoms with E-state index in [1.807, 2.05) is 30.3 Å². The van der Waals surface area contributed by atoms with Crippen molar-refractivity contribution in [1.82, 2.24) is 15.2 Å². The number of likely N-dealkylation sites (tertiary alicyclic amines) is 1. The van der Waals surface area contributed by atoms with E-state index < -0.39 is 12.1 Å². The van der Waals surface area contributed by atoms with Crippen LogP contribution >= 0.6 is 0 Å². The SMILES string of the molecule is CC(=O)NC[C@H]1COC(=O)N1c1ccc(C2CCN(C(=O)c3cc4ccccc4[nH]3)CC2)c(F)c1. The maximum Gasteiger partial charge on any atom is 0.414 e. The Labute approximate surface area is 202 Å². The van der Waals surface area contributed by atoms with Crippen LogP contribution < -0.4 is 10.2 Å². The van der Waals surface area contributed by atoms with E-state index in [2.05, 4.69) is 10.3 Å². The number of hydrogen-bond acceptors (Lipinski definition) is 4. The third kappa shape index (κ3) is 4.58. The van der Waals surface area contributed by atoms with Gasteiger partial charge in [-0.2, -0.15) is 0 Å². The number of aromatic nitrogens is 1. The predicted octanol–water partition coefficient (Wildman–Crippen LogP) is 3.79. The van der Waals surface area contributed by atoms with Crippen molar-refractivity contribution >= 4 is 34.5 Å². The maximum atomic E-state index is 15.2. The number of H-pyrrole nitrogens is 1. The van der Waals surface area contributed by atoms with E-state index in [1.54, 1.807) is 17.0 Å². The second kappa shape index (κ2) is 9.40. The average molecular weight is 479 g/mol. The molecule has 3 heterocycles. The highest BCUT2D eigenvalue weighted by Gasteiger charge is 2.35. The van der Waals surface area contributed by atoms with Gasteiger partial charge in [-0.25, -0.2) is 9.18 Å². The molecule has 35 heavy (non-hydrogen) atoms. The third-order valence-electron chi connectivity index (χ3n) is 6.79. The first-order chi connectivity index (χ1) is 16.9. The molecule has 3 amide bonds. The second-order valence-electron chi connectivity index (χ2n) is 9.08. The van der Waals surface area contributed by atoms with Gasteiger partial charge in [0.2, 0.25) is 5.91 Å². The summed E-state index contributed by atoms with van der Waals surface area (Å²) in [5.74, 6) is -0.661. The van der Waals surface area contributed by atoms with Crippen LogP contribution in [0.5, 0.6) is 0 Å². The van der Waals surface area contributed by atoms with Crippen LogP contribution in [0.1, 0.15) is 41.7 Å². The lowest BCUT2D eigenvalue weighted by molar-refractivity contribution is -0.119. The van der Waals surface area contributed by atoms with E-state index >= 15 is 4.39 Å². The molecular weight excluding hydrogens is 451 g/mol. The number of nitrogens with zero attached hydrogens (tertiary/aromatic N) is 2. The van der Waals surface area contributed by atoms with Gasteiger partial charge in [0.15, 0.2) is 0 Å². The topological polar surface area (TPSA) is 94.7 Å². The van der Waals surface area contributed by atoms with Crippen LogP contribution in [-0.2, 0) is 9.53 Å². The summed E-state index contributed by atoms with van der Waals surface area (Å²) in [5, 5.41) is 3.67. The number of anilines is 1. The molecule has 0 bridgehead atoms. The molecule has 0 spiro atoms. The number of cyclic esters (lactones) is 1. The molecule has 2 N–H and O–H groups in total. The van der Waals surface area contributed by atoms with Gasteiger partial charge in [-0.3, -0.25) is 14.5 Å². The van der Waals surface area contributed by atoms with Crippen LogP contribution in [0.15, 0.2) is 48.5 Å². The van der Waals surface area contributed by atoms with E-state index in [1.165, 1.54) is 17.9 Å². The smallest absolute Gasteiger partial charge is 0.414 e. The molecule has 3 aromatic rings. The molecule has 182 valence electrons. The van der Waals surface area contributed by atoms with Crippen molar-refractivity contribution in [3.8, 4) is 0 Å². The number of nitrogens with one attached hydrogen (secondary N) is 2. The molecule has 9 heteroatoms. The first-order valence-corrected chi connectivity index (χ1v) is 11.8. The van der Waals surface area contributed by atoms with Crippen molar-refractivity contribution in [3.63, 3.8) is 0 Å². The van der Waals surface area contributed by atoms with Crippen LogP contribution in [0.25, 0.3) is 10.9 Å². The molecular formula is C26H27FN4O4. The zero-order valence-electron chi connectivity index (χ0n) is 19.4. The molecule has 1 aromatic heterocycles. The number of para-hydroxylation sites is 1. The summed E-state index contributed by atoms with van der Waals surface area (Å²) >= 11 is 0. The zero-order chi connectivity index (χ0) is 24.5. The van der Waals surface area contributed by atoms with Crippen LogP contribution in [0.4, 0.5) is 14.9 Å². The van der Waals surface area contributed by atoms with Gasteiger partial charge in [0.05, 0.1) is 11.7 Å². The number of piperidine rings is 1. The molecule has 2 aliphatic heterocycles. The van der Waals surface area contributed by atoms with Crippen molar-refractivity contribution < 1.29 is 23.5 Å². The highest BCUT2D eigenvalue weighted by Crippen LogP contribution is 2.33. The van der Waals surface area contributed by atoms with Crippen molar-refractivity contribution in [2.75, 3.05) is 31.1 Å². The fourth-order valence-electron chi connectivity index (χ4n) is 4.94. The van der Waals surface area contributed by atoms with Crippen molar-refractivity contribution in [3.05, 3.63) is 65.6 Å². The number of ether oxygens (including phenoxy) is 1. The number of amides is 3. The quantitative estimate of drug-likeness (QED) is 0.583. The number of hydrogen-bond donors (Lipinski definition) is 2. The molecule has 2 fully saturated rings. The van der Waals surface area contributed by atoms with Crippen molar-refractivity contribution in [2.24, 2.45) is 0 Å². The van der Waals surface area contributed by atoms with Gasteiger partial charge >= 0.3 is 6.09 Å².